The molecule has 1 fully saturated rings. The van der Waals surface area contributed by atoms with E-state index in [-0.39, 0.29) is 0 Å². The minimum Gasteiger partial charge on any atom is -0.260 e. The van der Waals surface area contributed by atoms with Crippen LogP contribution in [0.5, 0.6) is 0 Å². The van der Waals surface area contributed by atoms with Crippen LogP contribution in [-0.2, 0) is 10.8 Å². The van der Waals surface area contributed by atoms with Crippen molar-refractivity contribution >= 4 is 22.4 Å². The number of rotatable bonds is 4. The van der Waals surface area contributed by atoms with Gasteiger partial charge < -0.3 is 0 Å². The summed E-state index contributed by atoms with van der Waals surface area (Å²) in [7, 11) is -0.651. The van der Waals surface area contributed by atoms with Crippen LogP contribution in [0.1, 0.15) is 26.2 Å². The third-order valence-electron chi connectivity index (χ3n) is 2.77. The van der Waals surface area contributed by atoms with Crippen molar-refractivity contribution in [3.05, 3.63) is 0 Å². The van der Waals surface area contributed by atoms with E-state index in [0.717, 1.165) is 24.0 Å². The van der Waals surface area contributed by atoms with Crippen molar-refractivity contribution in [1.82, 2.24) is 0 Å². The van der Waals surface area contributed by atoms with Gasteiger partial charge in [0.25, 0.3) is 0 Å². The van der Waals surface area contributed by atoms with E-state index < -0.39 is 10.8 Å². The minimum atomic E-state index is -0.651. The first-order chi connectivity index (χ1) is 5.58. The fourth-order valence-electron chi connectivity index (χ4n) is 2.16. The van der Waals surface area contributed by atoms with Gasteiger partial charge in [0.05, 0.1) is 0 Å². The average Bonchev–Trinajstić information content (AvgIpc) is 1.95. The molecule has 0 saturated heterocycles. The second-order valence-corrected chi connectivity index (χ2v) is 6.00. The van der Waals surface area contributed by atoms with Crippen LogP contribution < -0.4 is 0 Å². The Bertz CT molecular complexity index is 175. The predicted octanol–water partition coefficient (Wildman–Crippen LogP) is 2.41. The molecule has 1 rings (SSSR count). The van der Waals surface area contributed by atoms with Crippen molar-refractivity contribution in [3.8, 4) is 0 Å². The highest BCUT2D eigenvalue weighted by atomic mass is 35.5. The van der Waals surface area contributed by atoms with Gasteiger partial charge in [0, 0.05) is 28.7 Å². The van der Waals surface area contributed by atoms with Crippen LogP contribution in [0.2, 0.25) is 0 Å². The first kappa shape index (κ1) is 10.5. The maximum absolute atomic E-state index is 10.9. The summed E-state index contributed by atoms with van der Waals surface area (Å²) in [6, 6.07) is 0. The van der Waals surface area contributed by atoms with E-state index in [2.05, 4.69) is 6.92 Å². The molecule has 1 nitrogen and oxygen atoms in total. The zero-order valence-corrected chi connectivity index (χ0v) is 9.38. The molecule has 0 aliphatic heterocycles. The molecule has 1 aliphatic rings. The molecule has 0 spiro atoms. The molecule has 0 aromatic heterocycles. The van der Waals surface area contributed by atoms with Crippen molar-refractivity contribution < 1.29 is 4.21 Å². The SMILES string of the molecule is CC1CC(CCl)(CCS(C)=O)C1. The Balaban J connectivity index is 2.32. The summed E-state index contributed by atoms with van der Waals surface area (Å²) in [5.74, 6) is 2.39. The summed E-state index contributed by atoms with van der Waals surface area (Å²) in [5, 5.41) is 0. The normalized spacial score (nSPS) is 37.4. The van der Waals surface area contributed by atoms with Crippen molar-refractivity contribution in [2.24, 2.45) is 11.3 Å². The molecule has 1 saturated carbocycles. The monoisotopic (exact) mass is 208 g/mol. The van der Waals surface area contributed by atoms with E-state index in [0.29, 0.717) is 5.41 Å². The first-order valence-electron chi connectivity index (χ1n) is 4.44. The van der Waals surface area contributed by atoms with Gasteiger partial charge >= 0.3 is 0 Å². The van der Waals surface area contributed by atoms with Crippen LogP contribution in [-0.4, -0.2) is 22.1 Å². The highest BCUT2D eigenvalue weighted by molar-refractivity contribution is 7.84. The molecule has 72 valence electrons. The third kappa shape index (κ3) is 2.46. The maximum Gasteiger partial charge on any atom is 0.0280 e. The molecule has 3 heteroatoms. The molecule has 1 atom stereocenters. The van der Waals surface area contributed by atoms with Gasteiger partial charge in [0.15, 0.2) is 0 Å². The van der Waals surface area contributed by atoms with Crippen molar-refractivity contribution in [2.45, 2.75) is 26.2 Å². The summed E-state index contributed by atoms with van der Waals surface area (Å²) >= 11 is 5.91. The van der Waals surface area contributed by atoms with E-state index in [9.17, 15) is 4.21 Å². The Morgan fingerprint density at radius 3 is 2.50 bits per heavy atom. The Hall–Kier alpha value is 0.440. The zero-order chi connectivity index (χ0) is 9.19. The molecule has 1 unspecified atom stereocenters. The largest absolute Gasteiger partial charge is 0.260 e. The predicted molar refractivity (Wildman–Crippen MR) is 55.1 cm³/mol. The minimum absolute atomic E-state index is 0.340. The van der Waals surface area contributed by atoms with Gasteiger partial charge in [-0.2, -0.15) is 0 Å². The van der Waals surface area contributed by atoms with Crippen LogP contribution in [0.25, 0.3) is 0 Å². The van der Waals surface area contributed by atoms with E-state index in [1.165, 1.54) is 12.8 Å². The zero-order valence-electron chi connectivity index (χ0n) is 7.81. The summed E-state index contributed by atoms with van der Waals surface area (Å²) in [6.07, 6.45) is 5.27. The number of hydrogen-bond acceptors (Lipinski definition) is 1. The molecule has 0 bridgehead atoms. The molecule has 0 aromatic carbocycles. The fraction of sp³-hybridized carbons (Fsp3) is 1.00. The maximum atomic E-state index is 10.9. The summed E-state index contributed by atoms with van der Waals surface area (Å²) in [6.45, 7) is 2.26. The number of alkyl halides is 1. The lowest BCUT2D eigenvalue weighted by Gasteiger charge is -2.45. The Morgan fingerprint density at radius 1 is 1.58 bits per heavy atom. The second-order valence-electron chi connectivity index (χ2n) is 4.17. The topological polar surface area (TPSA) is 17.1 Å². The van der Waals surface area contributed by atoms with E-state index in [4.69, 9.17) is 11.6 Å². The van der Waals surface area contributed by atoms with E-state index >= 15 is 0 Å². The molecule has 12 heavy (non-hydrogen) atoms. The van der Waals surface area contributed by atoms with Gasteiger partial charge in [-0.1, -0.05) is 6.92 Å². The van der Waals surface area contributed by atoms with Crippen LogP contribution in [0.3, 0.4) is 0 Å². The third-order valence-corrected chi connectivity index (χ3v) is 4.11. The highest BCUT2D eigenvalue weighted by Crippen LogP contribution is 2.48. The van der Waals surface area contributed by atoms with Crippen LogP contribution in [0.15, 0.2) is 0 Å². The number of halogens is 1. The Morgan fingerprint density at radius 2 is 2.17 bits per heavy atom. The van der Waals surface area contributed by atoms with E-state index in [1.807, 2.05) is 0 Å². The molecule has 0 radical (unpaired) electrons. The molecule has 0 amide bonds. The highest BCUT2D eigenvalue weighted by Gasteiger charge is 2.40. The summed E-state index contributed by atoms with van der Waals surface area (Å²) in [5.41, 5.74) is 0.340. The first-order valence-corrected chi connectivity index (χ1v) is 6.70. The second kappa shape index (κ2) is 4.10. The molecular weight excluding hydrogens is 192 g/mol. The van der Waals surface area contributed by atoms with Gasteiger partial charge in [-0.25, -0.2) is 0 Å². The Kier molecular flexibility index (Phi) is 3.59. The van der Waals surface area contributed by atoms with E-state index in [1.54, 1.807) is 6.26 Å². The van der Waals surface area contributed by atoms with Crippen molar-refractivity contribution in [3.63, 3.8) is 0 Å². The molecular formula is C9H17ClOS. The van der Waals surface area contributed by atoms with Crippen molar-refractivity contribution in [1.29, 1.82) is 0 Å². The fourth-order valence-corrected chi connectivity index (χ4v) is 3.23. The lowest BCUT2D eigenvalue weighted by Crippen LogP contribution is -2.38. The lowest BCUT2D eigenvalue weighted by atomic mass is 9.62. The smallest absolute Gasteiger partial charge is 0.0280 e. The van der Waals surface area contributed by atoms with Gasteiger partial charge in [-0.3, -0.25) is 4.21 Å². The van der Waals surface area contributed by atoms with Crippen LogP contribution in [0.4, 0.5) is 0 Å². The van der Waals surface area contributed by atoms with Gasteiger partial charge in [0.1, 0.15) is 0 Å². The number of hydrogen-bond donors (Lipinski definition) is 0. The standard InChI is InChI=1S/C9H17ClOS/c1-8-5-9(6-8,7-10)3-4-12(2)11/h8H,3-7H2,1-2H3. The van der Waals surface area contributed by atoms with Crippen LogP contribution >= 0.6 is 11.6 Å². The van der Waals surface area contributed by atoms with Gasteiger partial charge in [0.2, 0.25) is 0 Å². The molecule has 1 aliphatic carbocycles. The summed E-state index contributed by atoms with van der Waals surface area (Å²) in [4.78, 5) is 0. The van der Waals surface area contributed by atoms with Gasteiger partial charge in [-0.05, 0) is 30.6 Å². The Labute approximate surface area is 82.3 Å². The molecule has 0 N–H and O–H groups in total. The van der Waals surface area contributed by atoms with Gasteiger partial charge in [-0.15, -0.1) is 11.6 Å². The lowest BCUT2D eigenvalue weighted by molar-refractivity contribution is 0.0887. The summed E-state index contributed by atoms with van der Waals surface area (Å²) < 4.78 is 10.9. The average molecular weight is 209 g/mol. The molecule has 0 aromatic rings. The molecule has 0 heterocycles. The van der Waals surface area contributed by atoms with Crippen molar-refractivity contribution in [2.75, 3.05) is 17.9 Å². The quantitative estimate of drug-likeness (QED) is 0.649. The van der Waals surface area contributed by atoms with Crippen LogP contribution in [0, 0.1) is 11.3 Å².